The molecule has 5 heteroatoms. The number of aliphatic carboxylic acids is 1. The van der Waals surface area contributed by atoms with Crippen LogP contribution < -0.4 is 0 Å². The zero-order valence-corrected chi connectivity index (χ0v) is 4.40. The molecule has 0 aromatic rings. The molecule has 0 radical (unpaired) electrons. The second-order valence-electron chi connectivity index (χ2n) is 1.34. The van der Waals surface area contributed by atoms with E-state index in [1.54, 1.807) is 0 Å². The Balaban J connectivity index is 2.68. The van der Waals surface area contributed by atoms with Crippen molar-refractivity contribution in [2.24, 2.45) is 0 Å². The molecule has 1 aliphatic rings. The minimum atomic E-state index is -1.14. The number of carboxylic acid groups (broad SMARTS) is 1. The van der Waals surface area contributed by atoms with Crippen LogP contribution in [0.4, 0.5) is 0 Å². The molecular weight excluding hydrogens is 123 g/mol. The first-order valence-corrected chi connectivity index (χ1v) is 2.24. The summed E-state index contributed by atoms with van der Waals surface area (Å²) in [6.07, 6.45) is 1.30. The molecule has 0 unspecified atom stereocenters. The molecule has 0 fully saturated rings. The van der Waals surface area contributed by atoms with Gasteiger partial charge in [-0.15, -0.1) is 0 Å². The second-order valence-corrected chi connectivity index (χ2v) is 1.34. The van der Waals surface area contributed by atoms with Gasteiger partial charge in [0.15, 0.2) is 0 Å². The van der Waals surface area contributed by atoms with Crippen LogP contribution in [0.2, 0.25) is 0 Å². The van der Waals surface area contributed by atoms with Gasteiger partial charge in [-0.1, -0.05) is 0 Å². The van der Waals surface area contributed by atoms with E-state index in [-0.39, 0.29) is 5.76 Å². The topological polar surface area (TPSA) is 55.8 Å². The average molecular weight is 126 g/mol. The number of hydrogen-bond acceptors (Lipinski definition) is 3. The zero-order chi connectivity index (χ0) is 6.69. The Morgan fingerprint density at radius 3 is 2.89 bits per heavy atom. The molecule has 0 aliphatic carbocycles. The van der Waals surface area contributed by atoms with E-state index >= 15 is 0 Å². The van der Waals surface area contributed by atoms with Crippen LogP contribution in [0.5, 0.6) is 0 Å². The third-order valence-electron chi connectivity index (χ3n) is 0.730. The Bertz CT molecular complexity index is 183. The van der Waals surface area contributed by atoms with Gasteiger partial charge in [0.1, 0.15) is 0 Å². The molecule has 9 heavy (non-hydrogen) atoms. The molecular formula is C4H3BO4. The first-order valence-electron chi connectivity index (χ1n) is 2.24. The van der Waals surface area contributed by atoms with Crippen molar-refractivity contribution in [3.63, 3.8) is 0 Å². The third kappa shape index (κ3) is 1.32. The molecule has 1 aliphatic heterocycles. The fourth-order valence-corrected chi connectivity index (χ4v) is 0.373. The summed E-state index contributed by atoms with van der Waals surface area (Å²) >= 11 is 0. The first kappa shape index (κ1) is 5.87. The van der Waals surface area contributed by atoms with Crippen molar-refractivity contribution in [2.75, 3.05) is 0 Å². The zero-order valence-electron chi connectivity index (χ0n) is 4.40. The van der Waals surface area contributed by atoms with Crippen LogP contribution in [-0.4, -0.2) is 24.2 Å². The van der Waals surface area contributed by atoms with Crippen molar-refractivity contribution in [1.29, 1.82) is 0 Å². The van der Waals surface area contributed by atoms with Gasteiger partial charge in [-0.2, -0.15) is 0 Å². The summed E-state index contributed by atoms with van der Waals surface area (Å²) in [6.45, 7) is 0. The van der Waals surface area contributed by atoms with Crippen LogP contribution in [0.15, 0.2) is 11.8 Å². The van der Waals surface area contributed by atoms with Crippen LogP contribution in [0.25, 0.3) is 0 Å². The molecule has 0 spiro atoms. The Kier molecular flexibility index (Phi) is 1.53. The summed E-state index contributed by atoms with van der Waals surface area (Å²) in [5, 5.41) is 8.23. The Hall–Kier alpha value is -1.26. The SMILES string of the molecule is O=C(O)C1=CC=BOO1. The Labute approximate surface area is 51.6 Å². The molecule has 0 aromatic heterocycles. The number of rotatable bonds is 1. The molecule has 1 N–H and O–H groups in total. The number of carboxylic acids is 1. The van der Waals surface area contributed by atoms with Crippen LogP contribution >= 0.6 is 0 Å². The monoisotopic (exact) mass is 126 g/mol. The average Bonchev–Trinajstić information content (AvgIpc) is 1.90. The van der Waals surface area contributed by atoms with Crippen LogP contribution in [-0.2, 0) is 14.5 Å². The number of hydrogen-bond donors (Lipinski definition) is 1. The summed E-state index contributed by atoms with van der Waals surface area (Å²) in [4.78, 5) is 18.5. The molecule has 0 aromatic carbocycles. The molecule has 1 heterocycles. The van der Waals surface area contributed by atoms with E-state index in [0.29, 0.717) is 0 Å². The molecule has 0 bridgehead atoms. The predicted octanol–water partition coefficient (Wildman–Crippen LogP) is -0.662. The van der Waals surface area contributed by atoms with Gasteiger partial charge in [0.2, 0.25) is 0 Å². The van der Waals surface area contributed by atoms with Crippen LogP contribution in [0, 0.1) is 0 Å². The molecule has 46 valence electrons. The van der Waals surface area contributed by atoms with E-state index in [0.717, 1.165) is 0 Å². The quantitative estimate of drug-likeness (QED) is 0.374. The Morgan fingerprint density at radius 1 is 1.78 bits per heavy atom. The minimum absolute atomic E-state index is 0.211. The van der Waals surface area contributed by atoms with Crippen molar-refractivity contribution >= 4 is 19.1 Å². The molecule has 0 saturated carbocycles. The van der Waals surface area contributed by atoms with Gasteiger partial charge in [-0.05, 0) is 0 Å². The molecule has 0 atom stereocenters. The maximum absolute atomic E-state index is 10.0. The van der Waals surface area contributed by atoms with Crippen molar-refractivity contribution in [3.8, 4) is 0 Å². The summed E-state index contributed by atoms with van der Waals surface area (Å²) < 4.78 is 0. The standard InChI is InChI=1S/C4H3BO4/c6-4(7)3-1-2-5-9-8-3/h1-2H,(H,6,7). The van der Waals surface area contributed by atoms with Gasteiger partial charge in [0, 0.05) is 0 Å². The fourth-order valence-electron chi connectivity index (χ4n) is 0.373. The van der Waals surface area contributed by atoms with Gasteiger partial charge < -0.3 is 0 Å². The van der Waals surface area contributed by atoms with Crippen LogP contribution in [0.3, 0.4) is 0 Å². The van der Waals surface area contributed by atoms with Crippen molar-refractivity contribution in [1.82, 2.24) is 0 Å². The summed E-state index contributed by atoms with van der Waals surface area (Å²) in [7, 11) is 1.24. The third-order valence-corrected chi connectivity index (χ3v) is 0.730. The Morgan fingerprint density at radius 2 is 2.56 bits per heavy atom. The van der Waals surface area contributed by atoms with E-state index in [4.69, 9.17) is 5.11 Å². The predicted molar refractivity (Wildman–Crippen MR) is 29.7 cm³/mol. The molecule has 1 rings (SSSR count). The first-order chi connectivity index (χ1) is 4.30. The maximum atomic E-state index is 10.0. The van der Waals surface area contributed by atoms with E-state index in [1.165, 1.54) is 19.2 Å². The summed E-state index contributed by atoms with van der Waals surface area (Å²) in [5.41, 5.74) is 0. The second kappa shape index (κ2) is 2.34. The summed E-state index contributed by atoms with van der Waals surface area (Å²) in [5.74, 6) is 0.0873. The number of carbonyl (C=O) groups is 1. The van der Waals surface area contributed by atoms with E-state index in [1.807, 2.05) is 0 Å². The van der Waals surface area contributed by atoms with Gasteiger partial charge in [0.05, 0.1) is 0 Å². The normalized spacial score (nSPS) is 14.4. The fraction of sp³-hybridized carbons (Fsp3) is 0. The van der Waals surface area contributed by atoms with E-state index in [2.05, 4.69) is 9.69 Å². The van der Waals surface area contributed by atoms with E-state index in [9.17, 15) is 4.79 Å². The van der Waals surface area contributed by atoms with Gasteiger partial charge in [-0.25, -0.2) is 0 Å². The molecule has 0 saturated heterocycles. The van der Waals surface area contributed by atoms with Crippen molar-refractivity contribution < 1.29 is 19.6 Å². The number of allylic oxidation sites excluding steroid dienone is 1. The molecule has 4 nitrogen and oxygen atoms in total. The van der Waals surface area contributed by atoms with Gasteiger partial charge >= 0.3 is 50.5 Å². The van der Waals surface area contributed by atoms with Crippen LogP contribution in [0.1, 0.15) is 0 Å². The van der Waals surface area contributed by atoms with Crippen molar-refractivity contribution in [3.05, 3.63) is 11.8 Å². The van der Waals surface area contributed by atoms with Gasteiger partial charge in [-0.3, -0.25) is 0 Å². The molecule has 0 amide bonds. The van der Waals surface area contributed by atoms with E-state index < -0.39 is 5.97 Å². The summed E-state index contributed by atoms with van der Waals surface area (Å²) in [6, 6.07) is 0. The van der Waals surface area contributed by atoms with Gasteiger partial charge in [0.25, 0.3) is 0 Å². The van der Waals surface area contributed by atoms with Crippen molar-refractivity contribution in [2.45, 2.75) is 0 Å².